The van der Waals surface area contributed by atoms with Crippen molar-refractivity contribution in [2.75, 3.05) is 5.33 Å². The molecule has 2 atom stereocenters. The smallest absolute Gasteiger partial charge is 0.0574 e. The standard InChI is InChI=1S/C7H14Br2O/c1-5(2)7(10)3-6(9)4-8/h5-7,10H,3-4H2,1-2H3. The van der Waals surface area contributed by atoms with E-state index in [1.165, 1.54) is 0 Å². The average molecular weight is 274 g/mol. The number of aliphatic hydroxyl groups excluding tert-OH is 1. The van der Waals surface area contributed by atoms with Crippen molar-refractivity contribution in [3.8, 4) is 0 Å². The van der Waals surface area contributed by atoms with Crippen LogP contribution in [0.2, 0.25) is 0 Å². The monoisotopic (exact) mass is 272 g/mol. The molecule has 10 heavy (non-hydrogen) atoms. The predicted molar refractivity (Wildman–Crippen MR) is 52.0 cm³/mol. The molecule has 0 aromatic carbocycles. The predicted octanol–water partition coefficient (Wildman–Crippen LogP) is 2.55. The van der Waals surface area contributed by atoms with Crippen LogP contribution in [0, 0.1) is 5.92 Å². The third-order valence-electron chi connectivity index (χ3n) is 1.43. The Hall–Kier alpha value is 0.920. The molecule has 62 valence electrons. The van der Waals surface area contributed by atoms with E-state index in [2.05, 4.69) is 31.9 Å². The fourth-order valence-electron chi connectivity index (χ4n) is 0.597. The lowest BCUT2D eigenvalue weighted by molar-refractivity contribution is 0.118. The highest BCUT2D eigenvalue weighted by atomic mass is 79.9. The summed E-state index contributed by atoms with van der Waals surface area (Å²) in [5, 5.41) is 10.3. The molecule has 0 aliphatic carbocycles. The van der Waals surface area contributed by atoms with Crippen LogP contribution in [-0.2, 0) is 0 Å². The van der Waals surface area contributed by atoms with Gasteiger partial charge in [-0.1, -0.05) is 45.7 Å². The fraction of sp³-hybridized carbons (Fsp3) is 1.00. The van der Waals surface area contributed by atoms with Crippen LogP contribution in [-0.4, -0.2) is 21.4 Å². The maximum absolute atomic E-state index is 9.38. The van der Waals surface area contributed by atoms with Crippen LogP contribution in [0.3, 0.4) is 0 Å². The Morgan fingerprint density at radius 3 is 2.20 bits per heavy atom. The van der Waals surface area contributed by atoms with Crippen LogP contribution in [0.5, 0.6) is 0 Å². The number of hydrogen-bond acceptors (Lipinski definition) is 1. The molecule has 1 N–H and O–H groups in total. The lowest BCUT2D eigenvalue weighted by atomic mass is 10.0. The van der Waals surface area contributed by atoms with Gasteiger partial charge in [-0.25, -0.2) is 0 Å². The molecule has 0 bridgehead atoms. The van der Waals surface area contributed by atoms with Gasteiger partial charge in [0, 0.05) is 10.2 Å². The highest BCUT2D eigenvalue weighted by molar-refractivity contribution is 9.12. The number of rotatable bonds is 4. The normalized spacial score (nSPS) is 17.4. The Morgan fingerprint density at radius 1 is 1.40 bits per heavy atom. The SMILES string of the molecule is CC(C)C(O)CC(Br)CBr. The quantitative estimate of drug-likeness (QED) is 0.781. The van der Waals surface area contributed by atoms with E-state index in [0.717, 1.165) is 11.8 Å². The van der Waals surface area contributed by atoms with Crippen molar-refractivity contribution < 1.29 is 5.11 Å². The molecular weight excluding hydrogens is 260 g/mol. The van der Waals surface area contributed by atoms with Crippen LogP contribution < -0.4 is 0 Å². The first kappa shape index (κ1) is 10.9. The van der Waals surface area contributed by atoms with Crippen molar-refractivity contribution in [2.24, 2.45) is 5.92 Å². The summed E-state index contributed by atoms with van der Waals surface area (Å²) in [4.78, 5) is 0.393. The van der Waals surface area contributed by atoms with E-state index in [4.69, 9.17) is 0 Å². The van der Waals surface area contributed by atoms with E-state index in [0.29, 0.717) is 10.7 Å². The van der Waals surface area contributed by atoms with Crippen molar-refractivity contribution in [3.63, 3.8) is 0 Å². The molecule has 0 radical (unpaired) electrons. The Morgan fingerprint density at radius 2 is 1.90 bits per heavy atom. The van der Waals surface area contributed by atoms with Gasteiger partial charge in [-0.05, 0) is 12.3 Å². The molecule has 0 aliphatic heterocycles. The van der Waals surface area contributed by atoms with E-state index in [-0.39, 0.29) is 6.10 Å². The van der Waals surface area contributed by atoms with Crippen LogP contribution >= 0.6 is 31.9 Å². The zero-order valence-electron chi connectivity index (χ0n) is 6.35. The maximum atomic E-state index is 9.38. The first-order chi connectivity index (χ1) is 4.57. The lowest BCUT2D eigenvalue weighted by Crippen LogP contribution is -2.19. The molecule has 0 saturated heterocycles. The van der Waals surface area contributed by atoms with Gasteiger partial charge in [0.25, 0.3) is 0 Å². The minimum absolute atomic E-state index is 0.179. The second-order valence-electron chi connectivity index (χ2n) is 2.80. The van der Waals surface area contributed by atoms with E-state index in [9.17, 15) is 5.11 Å². The van der Waals surface area contributed by atoms with Gasteiger partial charge in [0.15, 0.2) is 0 Å². The Balaban J connectivity index is 3.46. The van der Waals surface area contributed by atoms with Gasteiger partial charge in [0.05, 0.1) is 6.10 Å². The molecule has 2 unspecified atom stereocenters. The summed E-state index contributed by atoms with van der Waals surface area (Å²) in [5.41, 5.74) is 0. The number of alkyl halides is 2. The van der Waals surface area contributed by atoms with Gasteiger partial charge >= 0.3 is 0 Å². The Bertz CT molecular complexity index is 85.7. The molecule has 0 fully saturated rings. The first-order valence-electron chi connectivity index (χ1n) is 3.46. The summed E-state index contributed by atoms with van der Waals surface area (Å²) < 4.78 is 0. The third-order valence-corrected chi connectivity index (χ3v) is 3.78. The van der Waals surface area contributed by atoms with Crippen molar-refractivity contribution >= 4 is 31.9 Å². The molecule has 0 amide bonds. The van der Waals surface area contributed by atoms with Crippen molar-refractivity contribution in [2.45, 2.75) is 31.2 Å². The van der Waals surface area contributed by atoms with E-state index in [1.807, 2.05) is 13.8 Å². The average Bonchev–Trinajstić information content (AvgIpc) is 1.87. The van der Waals surface area contributed by atoms with Crippen LogP contribution in [0.25, 0.3) is 0 Å². The Labute approximate surface area is 79.5 Å². The second kappa shape index (κ2) is 5.56. The molecule has 0 aromatic heterocycles. The summed E-state index contributed by atoms with van der Waals surface area (Å²) in [7, 11) is 0. The summed E-state index contributed by atoms with van der Waals surface area (Å²) >= 11 is 6.77. The van der Waals surface area contributed by atoms with Gasteiger partial charge in [-0.15, -0.1) is 0 Å². The first-order valence-corrected chi connectivity index (χ1v) is 5.49. The molecule has 0 rings (SSSR count). The zero-order chi connectivity index (χ0) is 8.15. The maximum Gasteiger partial charge on any atom is 0.0574 e. The molecule has 0 saturated carbocycles. The summed E-state index contributed by atoms with van der Waals surface area (Å²) in [6.07, 6.45) is 0.644. The molecule has 0 spiro atoms. The summed E-state index contributed by atoms with van der Waals surface area (Å²) in [6.45, 7) is 4.05. The minimum Gasteiger partial charge on any atom is -0.393 e. The Kier molecular flexibility index (Phi) is 6.07. The van der Waals surface area contributed by atoms with E-state index in [1.54, 1.807) is 0 Å². The van der Waals surface area contributed by atoms with Gasteiger partial charge in [0.2, 0.25) is 0 Å². The number of hydrogen-bond donors (Lipinski definition) is 1. The molecule has 0 aromatic rings. The second-order valence-corrected chi connectivity index (χ2v) is 4.74. The molecule has 1 nitrogen and oxygen atoms in total. The van der Waals surface area contributed by atoms with Gasteiger partial charge in [-0.3, -0.25) is 0 Å². The van der Waals surface area contributed by atoms with Gasteiger partial charge < -0.3 is 5.11 Å². The summed E-state index contributed by atoms with van der Waals surface area (Å²) in [6, 6.07) is 0. The zero-order valence-corrected chi connectivity index (χ0v) is 9.52. The molecule has 3 heteroatoms. The number of halogens is 2. The van der Waals surface area contributed by atoms with Gasteiger partial charge in [0.1, 0.15) is 0 Å². The van der Waals surface area contributed by atoms with Gasteiger partial charge in [-0.2, -0.15) is 0 Å². The third kappa shape index (κ3) is 4.69. The molecule has 0 heterocycles. The van der Waals surface area contributed by atoms with Crippen molar-refractivity contribution in [1.82, 2.24) is 0 Å². The van der Waals surface area contributed by atoms with Crippen LogP contribution in [0.15, 0.2) is 0 Å². The minimum atomic E-state index is -0.179. The van der Waals surface area contributed by atoms with Crippen LogP contribution in [0.4, 0.5) is 0 Å². The molecular formula is C7H14Br2O. The van der Waals surface area contributed by atoms with Crippen molar-refractivity contribution in [1.29, 1.82) is 0 Å². The van der Waals surface area contributed by atoms with Crippen molar-refractivity contribution in [3.05, 3.63) is 0 Å². The van der Waals surface area contributed by atoms with E-state index >= 15 is 0 Å². The number of aliphatic hydroxyl groups is 1. The molecule has 0 aliphatic rings. The highest BCUT2D eigenvalue weighted by Gasteiger charge is 2.13. The van der Waals surface area contributed by atoms with Crippen LogP contribution in [0.1, 0.15) is 20.3 Å². The van der Waals surface area contributed by atoms with E-state index < -0.39 is 0 Å². The fourth-order valence-corrected chi connectivity index (χ4v) is 1.24. The highest BCUT2D eigenvalue weighted by Crippen LogP contribution is 2.15. The summed E-state index contributed by atoms with van der Waals surface area (Å²) in [5.74, 6) is 0.360. The lowest BCUT2D eigenvalue weighted by Gasteiger charge is -2.16. The largest absolute Gasteiger partial charge is 0.393 e. The topological polar surface area (TPSA) is 20.2 Å².